The molecule has 41 heavy (non-hydrogen) atoms. The van der Waals surface area contributed by atoms with E-state index in [1.165, 1.54) is 51.0 Å². The second-order valence-corrected chi connectivity index (χ2v) is 10.6. The summed E-state index contributed by atoms with van der Waals surface area (Å²) in [5.41, 5.74) is 6.92. The monoisotopic (exact) mass is 542 g/mol. The van der Waals surface area contributed by atoms with Crippen molar-refractivity contribution in [1.82, 2.24) is 0 Å². The van der Waals surface area contributed by atoms with Gasteiger partial charge in [-0.15, -0.1) is 0 Å². The number of hydrogen-bond donors (Lipinski definition) is 2. The SMILES string of the molecule is CC(=O)Nc1ccc2cccc(C(C)C3=CCC=N3)c2c1.CCNc1ccc2cccc(C(C)C3=CCC=N3)c2c1. The van der Waals surface area contributed by atoms with Crippen molar-refractivity contribution in [3.05, 3.63) is 107 Å². The van der Waals surface area contributed by atoms with Gasteiger partial charge < -0.3 is 10.6 Å². The fourth-order valence-electron chi connectivity index (χ4n) is 5.61. The Hall–Kier alpha value is -4.51. The van der Waals surface area contributed by atoms with Crippen LogP contribution in [0.1, 0.15) is 63.5 Å². The highest BCUT2D eigenvalue weighted by Crippen LogP contribution is 2.35. The number of fused-ring (bicyclic) bond motifs is 2. The molecule has 2 aliphatic rings. The molecule has 0 spiro atoms. The van der Waals surface area contributed by atoms with Gasteiger partial charge in [0, 0.05) is 73.3 Å². The fraction of sp³-hybridized carbons (Fsp3) is 0.250. The molecule has 0 aromatic heterocycles. The van der Waals surface area contributed by atoms with Crippen molar-refractivity contribution in [3.8, 4) is 0 Å². The third-order valence-electron chi connectivity index (χ3n) is 7.70. The number of amides is 1. The zero-order chi connectivity index (χ0) is 28.8. The van der Waals surface area contributed by atoms with Crippen LogP contribution in [0.25, 0.3) is 21.5 Å². The molecule has 6 rings (SSSR count). The molecule has 4 aromatic carbocycles. The largest absolute Gasteiger partial charge is 0.385 e. The molecule has 2 unspecified atom stereocenters. The third-order valence-corrected chi connectivity index (χ3v) is 7.70. The number of carbonyl (C=O) groups is 1. The first-order valence-corrected chi connectivity index (χ1v) is 14.5. The Balaban J connectivity index is 0.000000165. The van der Waals surface area contributed by atoms with Crippen LogP contribution in [0.4, 0.5) is 11.4 Å². The Kier molecular flexibility index (Phi) is 8.73. The van der Waals surface area contributed by atoms with E-state index >= 15 is 0 Å². The summed E-state index contributed by atoms with van der Waals surface area (Å²) in [6, 6.07) is 25.5. The van der Waals surface area contributed by atoms with Gasteiger partial charge in [-0.25, -0.2) is 0 Å². The lowest BCUT2D eigenvalue weighted by atomic mass is 9.92. The van der Waals surface area contributed by atoms with Crippen molar-refractivity contribution in [2.75, 3.05) is 17.2 Å². The number of rotatable bonds is 7. The number of carbonyl (C=O) groups excluding carboxylic acids is 1. The summed E-state index contributed by atoms with van der Waals surface area (Å²) < 4.78 is 0. The van der Waals surface area contributed by atoms with Gasteiger partial charge in [0.05, 0.1) is 0 Å². The molecule has 2 aliphatic heterocycles. The summed E-state index contributed by atoms with van der Waals surface area (Å²) in [4.78, 5) is 20.2. The average Bonchev–Trinajstić information content (AvgIpc) is 3.72. The number of benzene rings is 4. The number of aliphatic imine (C=N–C) groups is 2. The molecule has 2 atom stereocenters. The quantitative estimate of drug-likeness (QED) is 0.245. The first kappa shape index (κ1) is 28.0. The van der Waals surface area contributed by atoms with Crippen LogP contribution in [-0.2, 0) is 4.79 Å². The van der Waals surface area contributed by atoms with Crippen molar-refractivity contribution >= 4 is 51.3 Å². The topological polar surface area (TPSA) is 65.8 Å². The molecule has 0 aliphatic carbocycles. The summed E-state index contributed by atoms with van der Waals surface area (Å²) >= 11 is 0. The summed E-state index contributed by atoms with van der Waals surface area (Å²) in [5.74, 6) is 0.539. The van der Waals surface area contributed by atoms with Crippen LogP contribution >= 0.6 is 0 Å². The standard InChI is InChI=1S/C18H18N2O.C18H20N2/c1-12(18-7-4-10-19-18)16-6-3-5-14-8-9-15(11-17(14)16)20-13(2)21;1-3-19-15-10-9-14-6-4-7-16(17(14)12-15)13(2)18-8-5-11-20-18/h3,5-12H,4H2,1-2H3,(H,20,21);4,6-13,19H,3,5H2,1-2H3. The van der Waals surface area contributed by atoms with Gasteiger partial charge >= 0.3 is 0 Å². The van der Waals surface area contributed by atoms with Gasteiger partial charge in [0.2, 0.25) is 5.91 Å². The molecule has 4 aromatic rings. The van der Waals surface area contributed by atoms with Crippen LogP contribution in [0.15, 0.2) is 106 Å². The zero-order valence-electron chi connectivity index (χ0n) is 24.3. The molecular weight excluding hydrogens is 504 g/mol. The van der Waals surface area contributed by atoms with Crippen LogP contribution in [0.3, 0.4) is 0 Å². The van der Waals surface area contributed by atoms with E-state index in [9.17, 15) is 4.79 Å². The van der Waals surface area contributed by atoms with Crippen LogP contribution in [0, 0.1) is 0 Å². The zero-order valence-corrected chi connectivity index (χ0v) is 24.3. The van der Waals surface area contributed by atoms with Crippen LogP contribution in [0.2, 0.25) is 0 Å². The second kappa shape index (κ2) is 12.8. The van der Waals surface area contributed by atoms with E-state index < -0.39 is 0 Å². The van der Waals surface area contributed by atoms with Gasteiger partial charge in [0.25, 0.3) is 0 Å². The molecule has 5 nitrogen and oxygen atoms in total. The average molecular weight is 543 g/mol. The lowest BCUT2D eigenvalue weighted by Gasteiger charge is -2.15. The molecule has 2 heterocycles. The molecular formula is C36H38N4O. The lowest BCUT2D eigenvalue weighted by Crippen LogP contribution is -2.05. The summed E-state index contributed by atoms with van der Waals surface area (Å²) in [6.45, 7) is 9.00. The van der Waals surface area contributed by atoms with Gasteiger partial charge in [-0.2, -0.15) is 0 Å². The minimum Gasteiger partial charge on any atom is -0.385 e. The normalized spacial score (nSPS) is 15.2. The molecule has 5 heteroatoms. The van der Waals surface area contributed by atoms with Gasteiger partial charge in [-0.3, -0.25) is 14.8 Å². The maximum Gasteiger partial charge on any atom is 0.221 e. The van der Waals surface area contributed by atoms with Crippen molar-refractivity contribution in [3.63, 3.8) is 0 Å². The highest BCUT2D eigenvalue weighted by atomic mass is 16.1. The first-order valence-electron chi connectivity index (χ1n) is 14.5. The Bertz CT molecular complexity index is 1690. The predicted octanol–water partition coefficient (Wildman–Crippen LogP) is 8.99. The molecule has 0 fully saturated rings. The number of allylic oxidation sites excluding steroid dienone is 4. The summed E-state index contributed by atoms with van der Waals surface area (Å²) in [6.07, 6.45) is 10.2. The van der Waals surface area contributed by atoms with Crippen LogP contribution in [-0.4, -0.2) is 24.9 Å². The number of nitrogens with zero attached hydrogens (tertiary/aromatic N) is 2. The predicted molar refractivity (Wildman–Crippen MR) is 176 cm³/mol. The van der Waals surface area contributed by atoms with Crippen LogP contribution in [0.5, 0.6) is 0 Å². The minimum absolute atomic E-state index is 0.0528. The maximum absolute atomic E-state index is 11.2. The van der Waals surface area contributed by atoms with Crippen molar-refractivity contribution in [2.24, 2.45) is 9.98 Å². The van der Waals surface area contributed by atoms with E-state index in [1.807, 2.05) is 30.6 Å². The van der Waals surface area contributed by atoms with Gasteiger partial charge in [0.1, 0.15) is 0 Å². The first-order chi connectivity index (χ1) is 19.9. The molecule has 208 valence electrons. The van der Waals surface area contributed by atoms with E-state index in [-0.39, 0.29) is 11.8 Å². The number of anilines is 2. The van der Waals surface area contributed by atoms with Gasteiger partial charge in [-0.05, 0) is 63.9 Å². The van der Waals surface area contributed by atoms with E-state index in [0.717, 1.165) is 30.8 Å². The smallest absolute Gasteiger partial charge is 0.221 e. The van der Waals surface area contributed by atoms with E-state index in [0.29, 0.717) is 5.92 Å². The highest BCUT2D eigenvalue weighted by molar-refractivity contribution is 5.95. The van der Waals surface area contributed by atoms with E-state index in [2.05, 4.69) is 108 Å². The third kappa shape index (κ3) is 6.46. The Morgan fingerprint density at radius 1 is 0.756 bits per heavy atom. The van der Waals surface area contributed by atoms with E-state index in [4.69, 9.17) is 0 Å². The number of hydrogen-bond acceptors (Lipinski definition) is 4. The summed E-state index contributed by atoms with van der Waals surface area (Å²) in [5, 5.41) is 11.2. The molecule has 0 bridgehead atoms. The number of nitrogens with one attached hydrogen (secondary N) is 2. The fourth-order valence-corrected chi connectivity index (χ4v) is 5.61. The van der Waals surface area contributed by atoms with E-state index in [1.54, 1.807) is 0 Å². The van der Waals surface area contributed by atoms with Crippen LogP contribution < -0.4 is 10.6 Å². The Morgan fingerprint density at radius 2 is 1.27 bits per heavy atom. The summed E-state index contributed by atoms with van der Waals surface area (Å²) in [7, 11) is 0. The highest BCUT2D eigenvalue weighted by Gasteiger charge is 2.16. The second-order valence-electron chi connectivity index (χ2n) is 10.6. The van der Waals surface area contributed by atoms with Crippen molar-refractivity contribution in [1.29, 1.82) is 0 Å². The van der Waals surface area contributed by atoms with Gasteiger partial charge in [0.15, 0.2) is 0 Å². The molecule has 0 saturated carbocycles. The van der Waals surface area contributed by atoms with Gasteiger partial charge in [-0.1, -0.05) is 74.5 Å². The minimum atomic E-state index is -0.0528. The van der Waals surface area contributed by atoms with Crippen molar-refractivity contribution < 1.29 is 4.79 Å². The maximum atomic E-state index is 11.2. The Labute approximate surface area is 242 Å². The molecule has 0 radical (unpaired) electrons. The molecule has 2 N–H and O–H groups in total. The molecule has 1 amide bonds. The molecule has 0 saturated heterocycles. The van der Waals surface area contributed by atoms with Crippen molar-refractivity contribution in [2.45, 2.75) is 52.4 Å². The Morgan fingerprint density at radius 3 is 1.73 bits per heavy atom. The lowest BCUT2D eigenvalue weighted by molar-refractivity contribution is -0.114.